The van der Waals surface area contributed by atoms with Crippen molar-refractivity contribution in [1.82, 2.24) is 13.3 Å². The second kappa shape index (κ2) is 16.4. The van der Waals surface area contributed by atoms with E-state index < -0.39 is 31.7 Å². The number of halogens is 3. The molecule has 0 spiro atoms. The quantitative estimate of drug-likeness (QED) is 0.159. The predicted octanol–water partition coefficient (Wildman–Crippen LogP) is 6.76. The minimum Gasteiger partial charge on any atom is -0.316 e. The molecule has 0 unspecified atom stereocenters. The number of hydrogen-bond acceptors (Lipinski definition) is 8. The fourth-order valence-electron chi connectivity index (χ4n) is 5.08. The molecule has 0 saturated heterocycles. The second-order valence-corrected chi connectivity index (χ2v) is 14.5. The second-order valence-electron chi connectivity index (χ2n) is 10.9. The summed E-state index contributed by atoms with van der Waals surface area (Å²) in [7, 11) is -6.27. The molecule has 0 saturated carbocycles. The lowest BCUT2D eigenvalue weighted by atomic mass is 10.1. The van der Waals surface area contributed by atoms with Crippen LogP contribution >= 0.6 is 12.4 Å². The van der Waals surface area contributed by atoms with Crippen LogP contribution in [0.2, 0.25) is 0 Å². The standard InChI is InChI=1S/C19H16FN3O2S.C18H11FN2O3S.ClH/c1-22-12-15-10-19(17-4-2-3-5-18(17)20)23(13-15)26(24,25)16-8-6-14(11-21)7-9-16;19-17-4-2-1-3-16(17)18-9-14(12-22)11-21(18)25(23,24)15-7-5-13(10-20)6-8-15;/h2-10,13,22H,12H2,1H3;1-9,11-12H;1H. The number of carbonyl (C=O) groups excluding carboxylic acids is 1. The molecule has 4 aromatic carbocycles. The van der Waals surface area contributed by atoms with Crippen molar-refractivity contribution in [1.29, 1.82) is 10.5 Å². The third-order valence-electron chi connectivity index (χ3n) is 7.55. The van der Waals surface area contributed by atoms with Crippen LogP contribution in [0.3, 0.4) is 0 Å². The lowest BCUT2D eigenvalue weighted by Gasteiger charge is -2.11. The van der Waals surface area contributed by atoms with E-state index in [0.29, 0.717) is 29.5 Å². The van der Waals surface area contributed by atoms with Gasteiger partial charge in [0.15, 0.2) is 6.29 Å². The zero-order valence-corrected chi connectivity index (χ0v) is 29.6. The molecule has 15 heteroatoms. The molecule has 0 aliphatic heterocycles. The van der Waals surface area contributed by atoms with Crippen molar-refractivity contribution in [2.75, 3.05) is 7.05 Å². The number of nitrogens with zero attached hydrogens (tertiary/aromatic N) is 4. The molecule has 264 valence electrons. The molecule has 52 heavy (non-hydrogen) atoms. The van der Waals surface area contributed by atoms with Crippen LogP contribution in [-0.4, -0.2) is 38.1 Å². The highest BCUT2D eigenvalue weighted by atomic mass is 35.5. The van der Waals surface area contributed by atoms with Crippen LogP contribution in [0.4, 0.5) is 8.78 Å². The lowest BCUT2D eigenvalue weighted by Crippen LogP contribution is -2.13. The molecule has 10 nitrogen and oxygen atoms in total. The van der Waals surface area contributed by atoms with Gasteiger partial charge in [0.25, 0.3) is 20.0 Å². The van der Waals surface area contributed by atoms with E-state index in [9.17, 15) is 30.4 Å². The Morgan fingerprint density at radius 2 is 1.10 bits per heavy atom. The summed E-state index contributed by atoms with van der Waals surface area (Å²) in [5, 5.41) is 20.7. The Bertz CT molecular complexity index is 2540. The average Bonchev–Trinajstić information content (AvgIpc) is 3.78. The Kier molecular flexibility index (Phi) is 12.3. The van der Waals surface area contributed by atoms with Gasteiger partial charge in [-0.3, -0.25) is 4.79 Å². The van der Waals surface area contributed by atoms with Crippen LogP contribution < -0.4 is 5.32 Å². The molecule has 1 N–H and O–H groups in total. The molecule has 0 bridgehead atoms. The summed E-state index contributed by atoms with van der Waals surface area (Å²) < 4.78 is 82.4. The van der Waals surface area contributed by atoms with Crippen LogP contribution in [0.5, 0.6) is 0 Å². The van der Waals surface area contributed by atoms with E-state index >= 15 is 0 Å². The topological polar surface area (TPSA) is 155 Å². The van der Waals surface area contributed by atoms with E-state index in [2.05, 4.69) is 5.32 Å². The molecule has 0 radical (unpaired) electrons. The van der Waals surface area contributed by atoms with Crippen LogP contribution in [0.1, 0.15) is 27.0 Å². The van der Waals surface area contributed by atoms with Gasteiger partial charge in [0.1, 0.15) is 11.6 Å². The van der Waals surface area contributed by atoms with Crippen molar-refractivity contribution in [2.45, 2.75) is 16.3 Å². The van der Waals surface area contributed by atoms with Crippen LogP contribution in [0, 0.1) is 34.3 Å². The van der Waals surface area contributed by atoms with Crippen LogP contribution in [-0.2, 0) is 26.6 Å². The molecule has 6 rings (SSSR count). The first kappa shape index (κ1) is 38.9. The molecule has 0 aliphatic carbocycles. The molecule has 0 atom stereocenters. The molecule has 0 fully saturated rings. The smallest absolute Gasteiger partial charge is 0.268 e. The van der Waals surface area contributed by atoms with Crippen LogP contribution in [0.15, 0.2) is 131 Å². The van der Waals surface area contributed by atoms with E-state index in [1.165, 1.54) is 85.1 Å². The average molecular weight is 760 g/mol. The number of aldehydes is 1. The number of aromatic nitrogens is 2. The first-order chi connectivity index (χ1) is 24.4. The van der Waals surface area contributed by atoms with Gasteiger partial charge in [0.2, 0.25) is 0 Å². The summed E-state index contributed by atoms with van der Waals surface area (Å²) in [5.74, 6) is -1.10. The minimum absolute atomic E-state index is 0. The zero-order chi connectivity index (χ0) is 36.8. The molecule has 2 aromatic heterocycles. The normalized spacial score (nSPS) is 10.9. The van der Waals surface area contributed by atoms with Gasteiger partial charge in [-0.25, -0.2) is 33.6 Å². The Hall–Kier alpha value is -5.90. The summed E-state index contributed by atoms with van der Waals surface area (Å²) in [4.78, 5) is 11.1. The molecule has 6 aromatic rings. The van der Waals surface area contributed by atoms with Gasteiger partial charge in [-0.15, -0.1) is 12.4 Å². The SMILES string of the molecule is CNCc1cc(-c2ccccc2F)n(S(=O)(=O)c2ccc(C#N)cc2)c1.Cl.N#Cc1ccc(S(=O)(=O)n2cc(C=O)cc2-c2ccccc2F)cc1. The fraction of sp³-hybridized carbons (Fsp3) is 0.0541. The van der Waals surface area contributed by atoms with Crippen molar-refractivity contribution in [2.24, 2.45) is 0 Å². The van der Waals surface area contributed by atoms with E-state index in [1.54, 1.807) is 37.4 Å². The first-order valence-corrected chi connectivity index (χ1v) is 17.9. The highest BCUT2D eigenvalue weighted by molar-refractivity contribution is 7.90. The van der Waals surface area contributed by atoms with Gasteiger partial charge in [-0.05, 0) is 97.5 Å². The monoisotopic (exact) mass is 759 g/mol. The van der Waals surface area contributed by atoms with Crippen molar-refractivity contribution in [3.05, 3.63) is 155 Å². The van der Waals surface area contributed by atoms with Gasteiger partial charge in [0.05, 0.1) is 44.4 Å². The van der Waals surface area contributed by atoms with Crippen LogP contribution in [0.25, 0.3) is 22.5 Å². The summed E-state index contributed by atoms with van der Waals surface area (Å²) in [6.45, 7) is 0.442. The number of carbonyl (C=O) groups is 1. The highest BCUT2D eigenvalue weighted by Crippen LogP contribution is 2.30. The number of nitriles is 2. The van der Waals surface area contributed by atoms with Gasteiger partial charge >= 0.3 is 0 Å². The third kappa shape index (κ3) is 8.01. The van der Waals surface area contributed by atoms with E-state index in [-0.39, 0.29) is 50.3 Å². The van der Waals surface area contributed by atoms with Gasteiger partial charge in [-0.2, -0.15) is 10.5 Å². The fourth-order valence-corrected chi connectivity index (χ4v) is 7.85. The molecule has 0 amide bonds. The van der Waals surface area contributed by atoms with Crippen molar-refractivity contribution in [3.63, 3.8) is 0 Å². The van der Waals surface area contributed by atoms with Crippen molar-refractivity contribution < 1.29 is 30.4 Å². The summed E-state index contributed by atoms with van der Waals surface area (Å²) in [6.07, 6.45) is 3.11. The Labute approximate surface area is 305 Å². The highest BCUT2D eigenvalue weighted by Gasteiger charge is 2.24. The Morgan fingerprint density at radius 3 is 1.50 bits per heavy atom. The number of benzene rings is 4. The molecule has 2 heterocycles. The Balaban J connectivity index is 0.000000228. The first-order valence-electron chi connectivity index (χ1n) is 15.0. The van der Waals surface area contributed by atoms with Crippen molar-refractivity contribution in [3.8, 4) is 34.7 Å². The maximum Gasteiger partial charge on any atom is 0.268 e. The third-order valence-corrected chi connectivity index (χ3v) is 10.9. The van der Waals surface area contributed by atoms with Crippen molar-refractivity contribution >= 4 is 38.7 Å². The molecule has 0 aliphatic rings. The number of rotatable bonds is 9. The predicted molar refractivity (Wildman–Crippen MR) is 193 cm³/mol. The molecular formula is C37H28ClF2N5O5S2. The lowest BCUT2D eigenvalue weighted by molar-refractivity contribution is 0.112. The maximum absolute atomic E-state index is 14.3. The molecular weight excluding hydrogens is 732 g/mol. The van der Waals surface area contributed by atoms with E-state index in [0.717, 1.165) is 14.1 Å². The largest absolute Gasteiger partial charge is 0.316 e. The summed E-state index contributed by atoms with van der Waals surface area (Å²) >= 11 is 0. The minimum atomic E-state index is -4.07. The maximum atomic E-state index is 14.3. The van der Waals surface area contributed by atoms with E-state index in [1.807, 2.05) is 12.1 Å². The van der Waals surface area contributed by atoms with E-state index in [4.69, 9.17) is 10.5 Å². The number of hydrogen-bond donors (Lipinski definition) is 1. The van der Waals surface area contributed by atoms with Gasteiger partial charge in [0, 0.05) is 35.6 Å². The van der Waals surface area contributed by atoms with Gasteiger partial charge in [-0.1, -0.05) is 24.3 Å². The van der Waals surface area contributed by atoms with Gasteiger partial charge < -0.3 is 5.32 Å². The Morgan fingerprint density at radius 1 is 0.673 bits per heavy atom. The summed E-state index contributed by atoms with van der Waals surface area (Å²) in [6, 6.07) is 29.5. The summed E-state index contributed by atoms with van der Waals surface area (Å²) in [5.41, 5.74) is 2.05. The zero-order valence-electron chi connectivity index (χ0n) is 27.1. The number of nitrogens with one attached hydrogen (secondary N) is 1.